The molecule has 0 aromatic carbocycles. The van der Waals surface area contributed by atoms with Crippen molar-refractivity contribution < 1.29 is 0 Å². The Bertz CT molecular complexity index is 215. The summed E-state index contributed by atoms with van der Waals surface area (Å²) in [6, 6.07) is 0.253. The molecule has 1 fully saturated rings. The van der Waals surface area contributed by atoms with Gasteiger partial charge in [0.15, 0.2) is 0 Å². The van der Waals surface area contributed by atoms with Gasteiger partial charge in [0.25, 0.3) is 0 Å². The van der Waals surface area contributed by atoms with Crippen LogP contribution in [0, 0.1) is 0 Å². The van der Waals surface area contributed by atoms with Gasteiger partial charge in [0.1, 0.15) is 0 Å². The molecule has 0 aliphatic carbocycles. The van der Waals surface area contributed by atoms with E-state index in [0.717, 1.165) is 26.2 Å². The molecular weight excluding hydrogens is 238 g/mol. The molecule has 2 N–H and O–H groups in total. The third kappa shape index (κ3) is 4.57. The molecule has 0 saturated carbocycles. The van der Waals surface area contributed by atoms with Gasteiger partial charge in [-0.05, 0) is 31.9 Å². The minimum absolute atomic E-state index is 0.253. The first-order valence-electron chi connectivity index (χ1n) is 5.90. The number of thioether (sulfide) groups is 1. The average Bonchev–Trinajstić information content (AvgIpc) is 2.29. The predicted octanol–water partition coefficient (Wildman–Crippen LogP) is 1.03. The van der Waals surface area contributed by atoms with E-state index >= 15 is 0 Å². The summed E-state index contributed by atoms with van der Waals surface area (Å²) in [6.07, 6.45) is 3.47. The first-order chi connectivity index (χ1) is 7.65. The highest BCUT2D eigenvalue weighted by atomic mass is 32.2. The molecule has 5 heteroatoms. The highest BCUT2D eigenvalue weighted by Gasteiger charge is 2.21. The van der Waals surface area contributed by atoms with Crippen molar-refractivity contribution in [1.29, 1.82) is 0 Å². The molecule has 1 unspecified atom stereocenters. The van der Waals surface area contributed by atoms with Gasteiger partial charge in [0, 0.05) is 26.2 Å². The number of piperazine rings is 1. The van der Waals surface area contributed by atoms with Crippen molar-refractivity contribution in [2.24, 2.45) is 5.73 Å². The summed E-state index contributed by atoms with van der Waals surface area (Å²) in [4.78, 5) is 5.54. The summed E-state index contributed by atoms with van der Waals surface area (Å²) < 4.78 is 0. The Morgan fingerprint density at radius 3 is 2.50 bits per heavy atom. The quantitative estimate of drug-likeness (QED) is 0.570. The third-order valence-electron chi connectivity index (χ3n) is 3.19. The molecule has 1 heterocycles. The Kier molecular flexibility index (Phi) is 6.65. The summed E-state index contributed by atoms with van der Waals surface area (Å²) in [7, 11) is 0. The highest BCUT2D eigenvalue weighted by Crippen LogP contribution is 2.07. The Hall–Kier alpha value is 0.160. The average molecular weight is 261 g/mol. The van der Waals surface area contributed by atoms with E-state index in [4.69, 9.17) is 18.0 Å². The van der Waals surface area contributed by atoms with E-state index in [-0.39, 0.29) is 6.04 Å². The van der Waals surface area contributed by atoms with Crippen LogP contribution in [0.3, 0.4) is 0 Å². The van der Waals surface area contributed by atoms with Gasteiger partial charge >= 0.3 is 0 Å². The van der Waals surface area contributed by atoms with E-state index in [9.17, 15) is 0 Å². The molecule has 0 bridgehead atoms. The lowest BCUT2D eigenvalue weighted by Crippen LogP contribution is -2.52. The number of hydrogen-bond acceptors (Lipinski definition) is 4. The topological polar surface area (TPSA) is 32.5 Å². The molecular formula is C11H23N3S2. The first-order valence-corrected chi connectivity index (χ1v) is 7.70. The lowest BCUT2D eigenvalue weighted by molar-refractivity contribution is 0.123. The van der Waals surface area contributed by atoms with Crippen LogP contribution in [-0.2, 0) is 0 Å². The van der Waals surface area contributed by atoms with Gasteiger partial charge in [-0.2, -0.15) is 11.8 Å². The summed E-state index contributed by atoms with van der Waals surface area (Å²) >= 11 is 6.96. The van der Waals surface area contributed by atoms with Crippen molar-refractivity contribution in [1.82, 2.24) is 9.80 Å². The molecule has 1 rings (SSSR count). The summed E-state index contributed by atoms with van der Waals surface area (Å²) in [5.74, 6) is 1.27. The molecule has 0 amide bonds. The minimum atomic E-state index is 0.253. The fraction of sp³-hybridized carbons (Fsp3) is 0.909. The maximum absolute atomic E-state index is 5.67. The number of nitrogens with zero attached hydrogens (tertiary/aromatic N) is 2. The van der Waals surface area contributed by atoms with Gasteiger partial charge in [-0.1, -0.05) is 12.2 Å². The molecule has 3 nitrogen and oxygen atoms in total. The van der Waals surface area contributed by atoms with Crippen LogP contribution in [0.15, 0.2) is 0 Å². The Morgan fingerprint density at radius 1 is 1.38 bits per heavy atom. The molecule has 0 aromatic rings. The summed E-state index contributed by atoms with van der Waals surface area (Å²) in [5.41, 5.74) is 5.67. The van der Waals surface area contributed by atoms with Crippen LogP contribution in [0.1, 0.15) is 13.3 Å². The van der Waals surface area contributed by atoms with Crippen molar-refractivity contribution >= 4 is 29.0 Å². The van der Waals surface area contributed by atoms with Crippen LogP contribution in [-0.4, -0.2) is 65.6 Å². The van der Waals surface area contributed by atoms with Crippen LogP contribution in [0.4, 0.5) is 0 Å². The highest BCUT2D eigenvalue weighted by molar-refractivity contribution is 7.98. The zero-order valence-corrected chi connectivity index (χ0v) is 11.9. The zero-order chi connectivity index (χ0) is 12.0. The van der Waals surface area contributed by atoms with Crippen LogP contribution in [0.2, 0.25) is 0 Å². The van der Waals surface area contributed by atoms with E-state index in [1.54, 1.807) is 0 Å². The van der Waals surface area contributed by atoms with Crippen molar-refractivity contribution in [3.63, 3.8) is 0 Å². The molecule has 0 aromatic heterocycles. The second kappa shape index (κ2) is 7.48. The molecule has 1 atom stereocenters. The second-order valence-corrected chi connectivity index (χ2v) is 5.76. The van der Waals surface area contributed by atoms with E-state index in [0.29, 0.717) is 4.99 Å². The number of rotatable bonds is 6. The van der Waals surface area contributed by atoms with Gasteiger partial charge in [-0.25, -0.2) is 0 Å². The predicted molar refractivity (Wildman–Crippen MR) is 77.3 cm³/mol. The fourth-order valence-electron chi connectivity index (χ4n) is 1.99. The number of nitrogens with two attached hydrogens (primary N) is 1. The fourth-order valence-corrected chi connectivity index (χ4v) is 2.55. The normalized spacial score (nSPS) is 20.9. The van der Waals surface area contributed by atoms with Gasteiger partial charge in [-0.15, -0.1) is 0 Å². The molecule has 1 saturated heterocycles. The summed E-state index contributed by atoms with van der Waals surface area (Å²) in [5, 5.41) is 0. The maximum Gasteiger partial charge on any atom is 0.0899 e. The molecule has 1 aliphatic rings. The monoisotopic (exact) mass is 261 g/mol. The van der Waals surface area contributed by atoms with Gasteiger partial charge in [0.05, 0.1) is 11.0 Å². The van der Waals surface area contributed by atoms with Gasteiger partial charge in [-0.3, -0.25) is 4.90 Å². The third-order valence-corrected chi connectivity index (χ3v) is 4.23. The molecule has 1 aliphatic heterocycles. The van der Waals surface area contributed by atoms with Crippen LogP contribution in [0.25, 0.3) is 0 Å². The number of hydrogen-bond donors (Lipinski definition) is 1. The van der Waals surface area contributed by atoms with Crippen molar-refractivity contribution in [3.05, 3.63) is 0 Å². The van der Waals surface area contributed by atoms with E-state index in [1.807, 2.05) is 11.8 Å². The molecule has 16 heavy (non-hydrogen) atoms. The molecule has 0 radical (unpaired) electrons. The number of thiocarbonyl (C=S) groups is 1. The minimum Gasteiger partial charge on any atom is -0.392 e. The van der Waals surface area contributed by atoms with Gasteiger partial charge < -0.3 is 10.6 Å². The van der Waals surface area contributed by atoms with Crippen molar-refractivity contribution in [2.45, 2.75) is 19.4 Å². The van der Waals surface area contributed by atoms with Gasteiger partial charge in [0.2, 0.25) is 0 Å². The smallest absolute Gasteiger partial charge is 0.0899 e. The molecule has 94 valence electrons. The second-order valence-electron chi connectivity index (χ2n) is 4.30. The van der Waals surface area contributed by atoms with E-state index in [1.165, 1.54) is 18.7 Å². The molecule has 0 spiro atoms. The van der Waals surface area contributed by atoms with E-state index in [2.05, 4.69) is 23.0 Å². The Morgan fingerprint density at radius 2 is 2.00 bits per heavy atom. The van der Waals surface area contributed by atoms with Crippen molar-refractivity contribution in [2.75, 3.05) is 44.7 Å². The summed E-state index contributed by atoms with van der Waals surface area (Å²) in [6.45, 7) is 7.83. The van der Waals surface area contributed by atoms with Crippen LogP contribution < -0.4 is 5.73 Å². The lowest BCUT2D eigenvalue weighted by Gasteiger charge is -2.37. The zero-order valence-electron chi connectivity index (χ0n) is 10.3. The maximum atomic E-state index is 5.67. The SMILES string of the molecule is CSCCCN1CCN(C(C)C(N)=S)CC1. The Labute approximate surface area is 109 Å². The lowest BCUT2D eigenvalue weighted by atomic mass is 10.2. The van der Waals surface area contributed by atoms with Crippen LogP contribution >= 0.6 is 24.0 Å². The first kappa shape index (κ1) is 14.2. The standard InChI is InChI=1S/C11H23N3S2/c1-10(11(12)15)14-7-5-13(6-8-14)4-3-9-16-2/h10H,3-9H2,1-2H3,(H2,12,15). The van der Waals surface area contributed by atoms with E-state index < -0.39 is 0 Å². The Balaban J connectivity index is 2.20. The largest absolute Gasteiger partial charge is 0.392 e. The van der Waals surface area contributed by atoms with Crippen molar-refractivity contribution in [3.8, 4) is 0 Å². The van der Waals surface area contributed by atoms with Crippen LogP contribution in [0.5, 0.6) is 0 Å².